The fraction of sp³-hybridized carbons (Fsp3) is 0.684. The molecule has 0 amide bonds. The fourth-order valence-electron chi connectivity index (χ4n) is 3.69. The summed E-state index contributed by atoms with van der Waals surface area (Å²) >= 11 is 0. The third-order valence-electron chi connectivity index (χ3n) is 5.03. The minimum atomic E-state index is -0.0971. The Bertz CT molecular complexity index is 443. The van der Waals surface area contributed by atoms with Gasteiger partial charge in [-0.15, -0.1) is 0 Å². The maximum Gasteiger partial charge on any atom is 0.123 e. The molecule has 2 heteroatoms. The molecule has 0 bridgehead atoms. The van der Waals surface area contributed by atoms with Crippen LogP contribution in [0.4, 0.5) is 4.39 Å². The zero-order valence-electron chi connectivity index (χ0n) is 13.8. The molecule has 118 valence electrons. The first-order chi connectivity index (χ1) is 10.1. The quantitative estimate of drug-likeness (QED) is 0.747. The molecule has 1 N–H and O–H groups in total. The lowest BCUT2D eigenvalue weighted by atomic mass is 9.72. The van der Waals surface area contributed by atoms with Crippen molar-refractivity contribution in [3.8, 4) is 0 Å². The number of benzene rings is 1. The standard InChI is InChI=1S/C19H30FN/c1-4-9-21-13-16-7-5-14(2)10-18(16)11-17-12-19(20)8-6-15(17)3/h6,8,12,14,16,18,21H,4-5,7,9-11,13H2,1-3H3. The van der Waals surface area contributed by atoms with Crippen molar-refractivity contribution in [3.63, 3.8) is 0 Å². The molecular formula is C19H30FN. The van der Waals surface area contributed by atoms with E-state index in [4.69, 9.17) is 0 Å². The van der Waals surface area contributed by atoms with Crippen LogP contribution in [-0.2, 0) is 6.42 Å². The molecule has 1 aromatic carbocycles. The van der Waals surface area contributed by atoms with Crippen LogP contribution in [0.2, 0.25) is 0 Å². The van der Waals surface area contributed by atoms with E-state index in [-0.39, 0.29) is 5.82 Å². The summed E-state index contributed by atoms with van der Waals surface area (Å²) in [5, 5.41) is 3.59. The molecule has 3 unspecified atom stereocenters. The Morgan fingerprint density at radius 1 is 1.24 bits per heavy atom. The smallest absolute Gasteiger partial charge is 0.123 e. The van der Waals surface area contributed by atoms with E-state index in [0.717, 1.165) is 31.3 Å². The van der Waals surface area contributed by atoms with Gasteiger partial charge in [0, 0.05) is 0 Å². The Kier molecular flexibility index (Phi) is 6.22. The highest BCUT2D eigenvalue weighted by Gasteiger charge is 2.28. The van der Waals surface area contributed by atoms with Gasteiger partial charge >= 0.3 is 0 Å². The van der Waals surface area contributed by atoms with Crippen LogP contribution in [0.1, 0.15) is 50.7 Å². The van der Waals surface area contributed by atoms with Crippen LogP contribution in [0, 0.1) is 30.5 Å². The van der Waals surface area contributed by atoms with Crippen molar-refractivity contribution >= 4 is 0 Å². The van der Waals surface area contributed by atoms with Crippen LogP contribution >= 0.6 is 0 Å². The van der Waals surface area contributed by atoms with Crippen molar-refractivity contribution in [2.75, 3.05) is 13.1 Å². The average molecular weight is 291 g/mol. The zero-order valence-corrected chi connectivity index (χ0v) is 13.8. The van der Waals surface area contributed by atoms with Crippen molar-refractivity contribution < 1.29 is 4.39 Å². The number of halogens is 1. The third kappa shape index (κ3) is 4.81. The van der Waals surface area contributed by atoms with Crippen LogP contribution in [-0.4, -0.2) is 13.1 Å². The number of rotatable bonds is 6. The summed E-state index contributed by atoms with van der Waals surface area (Å²) < 4.78 is 13.5. The van der Waals surface area contributed by atoms with Crippen LogP contribution < -0.4 is 5.32 Å². The second-order valence-electron chi connectivity index (χ2n) is 6.92. The lowest BCUT2D eigenvalue weighted by Gasteiger charge is -2.35. The summed E-state index contributed by atoms with van der Waals surface area (Å²) in [4.78, 5) is 0. The van der Waals surface area contributed by atoms with E-state index >= 15 is 0 Å². The summed E-state index contributed by atoms with van der Waals surface area (Å²) in [5.41, 5.74) is 2.43. The number of nitrogens with one attached hydrogen (secondary N) is 1. The Balaban J connectivity index is 2.03. The van der Waals surface area contributed by atoms with Crippen molar-refractivity contribution in [2.45, 2.75) is 52.9 Å². The van der Waals surface area contributed by atoms with Gasteiger partial charge in [-0.2, -0.15) is 0 Å². The summed E-state index contributed by atoms with van der Waals surface area (Å²) in [6.07, 6.45) is 6.17. The van der Waals surface area contributed by atoms with E-state index in [9.17, 15) is 4.39 Å². The second-order valence-corrected chi connectivity index (χ2v) is 6.92. The lowest BCUT2D eigenvalue weighted by molar-refractivity contribution is 0.183. The van der Waals surface area contributed by atoms with Crippen molar-refractivity contribution in [1.29, 1.82) is 0 Å². The SMILES string of the molecule is CCCNCC1CCC(C)CC1Cc1cc(F)ccc1C. The zero-order chi connectivity index (χ0) is 15.2. The molecule has 1 aliphatic rings. The number of hydrogen-bond acceptors (Lipinski definition) is 1. The van der Waals surface area contributed by atoms with Crippen LogP contribution in [0.5, 0.6) is 0 Å². The van der Waals surface area contributed by atoms with Crippen LogP contribution in [0.15, 0.2) is 18.2 Å². The van der Waals surface area contributed by atoms with E-state index in [1.54, 1.807) is 12.1 Å². The van der Waals surface area contributed by atoms with E-state index in [1.165, 1.54) is 36.8 Å². The molecule has 1 nitrogen and oxygen atoms in total. The first-order valence-corrected chi connectivity index (χ1v) is 8.55. The van der Waals surface area contributed by atoms with Crippen molar-refractivity contribution in [1.82, 2.24) is 5.32 Å². The first kappa shape index (κ1) is 16.5. The molecule has 0 heterocycles. The van der Waals surface area contributed by atoms with Gasteiger partial charge in [0.15, 0.2) is 0 Å². The highest BCUT2D eigenvalue weighted by atomic mass is 19.1. The Labute approximate surface area is 129 Å². The molecular weight excluding hydrogens is 261 g/mol. The topological polar surface area (TPSA) is 12.0 Å². The maximum atomic E-state index is 13.5. The average Bonchev–Trinajstić information content (AvgIpc) is 2.45. The molecule has 1 aromatic rings. The predicted octanol–water partition coefficient (Wildman–Crippen LogP) is 4.73. The van der Waals surface area contributed by atoms with Gasteiger partial charge in [-0.25, -0.2) is 4.39 Å². The van der Waals surface area contributed by atoms with Gasteiger partial charge in [0.25, 0.3) is 0 Å². The van der Waals surface area contributed by atoms with Crippen LogP contribution in [0.3, 0.4) is 0 Å². The van der Waals surface area contributed by atoms with Gasteiger partial charge < -0.3 is 5.32 Å². The minimum Gasteiger partial charge on any atom is -0.316 e. The first-order valence-electron chi connectivity index (χ1n) is 8.55. The fourth-order valence-corrected chi connectivity index (χ4v) is 3.69. The Morgan fingerprint density at radius 3 is 2.81 bits per heavy atom. The minimum absolute atomic E-state index is 0.0971. The molecule has 0 saturated heterocycles. The van der Waals surface area contributed by atoms with E-state index in [1.807, 2.05) is 6.07 Å². The van der Waals surface area contributed by atoms with Gasteiger partial charge in [-0.3, -0.25) is 0 Å². The van der Waals surface area contributed by atoms with Crippen LogP contribution in [0.25, 0.3) is 0 Å². The molecule has 3 atom stereocenters. The van der Waals surface area contributed by atoms with Crippen molar-refractivity contribution in [2.24, 2.45) is 17.8 Å². The predicted molar refractivity (Wildman–Crippen MR) is 88.0 cm³/mol. The molecule has 0 aromatic heterocycles. The number of aryl methyl sites for hydroxylation is 1. The lowest BCUT2D eigenvalue weighted by Crippen LogP contribution is -2.34. The third-order valence-corrected chi connectivity index (χ3v) is 5.03. The molecule has 2 rings (SSSR count). The number of hydrogen-bond donors (Lipinski definition) is 1. The van der Waals surface area contributed by atoms with E-state index in [2.05, 4.69) is 26.1 Å². The molecule has 0 aliphatic heterocycles. The summed E-state index contributed by atoms with van der Waals surface area (Å²) in [7, 11) is 0. The summed E-state index contributed by atoms with van der Waals surface area (Å²) in [6, 6.07) is 5.23. The highest BCUT2D eigenvalue weighted by Crippen LogP contribution is 2.36. The second kappa shape index (κ2) is 7.93. The van der Waals surface area contributed by atoms with Gasteiger partial charge in [0.05, 0.1) is 0 Å². The van der Waals surface area contributed by atoms with Gasteiger partial charge in [-0.05, 0) is 86.7 Å². The highest BCUT2D eigenvalue weighted by molar-refractivity contribution is 5.27. The monoisotopic (exact) mass is 291 g/mol. The van der Waals surface area contributed by atoms with Gasteiger partial charge in [-0.1, -0.05) is 26.3 Å². The van der Waals surface area contributed by atoms with Gasteiger partial charge in [0.1, 0.15) is 5.82 Å². The Morgan fingerprint density at radius 2 is 2.05 bits per heavy atom. The normalized spacial score (nSPS) is 26.0. The van der Waals surface area contributed by atoms with E-state index in [0.29, 0.717) is 5.92 Å². The molecule has 1 aliphatic carbocycles. The molecule has 1 saturated carbocycles. The maximum absolute atomic E-state index is 13.5. The van der Waals surface area contributed by atoms with Crippen molar-refractivity contribution in [3.05, 3.63) is 35.1 Å². The molecule has 0 spiro atoms. The Hall–Kier alpha value is -0.890. The van der Waals surface area contributed by atoms with Gasteiger partial charge in [0.2, 0.25) is 0 Å². The van der Waals surface area contributed by atoms with E-state index < -0.39 is 0 Å². The summed E-state index contributed by atoms with van der Waals surface area (Å²) in [5.74, 6) is 2.15. The molecule has 1 fully saturated rings. The summed E-state index contributed by atoms with van der Waals surface area (Å²) in [6.45, 7) is 8.91. The molecule has 0 radical (unpaired) electrons. The molecule has 21 heavy (non-hydrogen) atoms. The largest absolute Gasteiger partial charge is 0.316 e.